The number of hydrogen-bond donors (Lipinski definition) is 1. The third-order valence-electron chi connectivity index (χ3n) is 1.67. The van der Waals surface area contributed by atoms with Crippen LogP contribution in [0.4, 0.5) is 0 Å². The molecule has 0 fully saturated rings. The summed E-state index contributed by atoms with van der Waals surface area (Å²) in [5, 5.41) is 9.64. The summed E-state index contributed by atoms with van der Waals surface area (Å²) in [6.07, 6.45) is -0.470. The monoisotopic (exact) mass is 229 g/mol. The molecule has 0 saturated carbocycles. The van der Waals surface area contributed by atoms with E-state index in [0.717, 1.165) is 10.3 Å². The molecule has 1 atom stereocenters. The standard InChI is InChI=1S/C9H12BrNO/c1-6(2)9(12)7-4-3-5-8(10)11-7/h3-6,9,12H,1-2H3. The van der Waals surface area contributed by atoms with Crippen molar-refractivity contribution in [3.8, 4) is 0 Å². The van der Waals surface area contributed by atoms with Crippen molar-refractivity contribution in [1.82, 2.24) is 4.98 Å². The van der Waals surface area contributed by atoms with Gasteiger partial charge >= 0.3 is 0 Å². The summed E-state index contributed by atoms with van der Waals surface area (Å²) < 4.78 is 0.764. The van der Waals surface area contributed by atoms with E-state index in [1.165, 1.54) is 0 Å². The Morgan fingerprint density at radius 2 is 2.08 bits per heavy atom. The molecule has 0 aliphatic rings. The molecule has 0 aromatic carbocycles. The van der Waals surface area contributed by atoms with Gasteiger partial charge in [-0.3, -0.25) is 0 Å². The highest BCUT2D eigenvalue weighted by Crippen LogP contribution is 2.20. The summed E-state index contributed by atoms with van der Waals surface area (Å²) in [5.41, 5.74) is 0.722. The fraction of sp³-hybridized carbons (Fsp3) is 0.444. The van der Waals surface area contributed by atoms with Gasteiger partial charge in [0, 0.05) is 0 Å². The van der Waals surface area contributed by atoms with Crippen LogP contribution in [0.25, 0.3) is 0 Å². The van der Waals surface area contributed by atoms with Gasteiger partial charge in [0.25, 0.3) is 0 Å². The molecule has 0 aliphatic heterocycles. The highest BCUT2D eigenvalue weighted by atomic mass is 79.9. The zero-order valence-electron chi connectivity index (χ0n) is 7.16. The molecule has 1 unspecified atom stereocenters. The Labute approximate surface area is 80.8 Å². The predicted molar refractivity (Wildman–Crippen MR) is 51.7 cm³/mol. The van der Waals surface area contributed by atoms with Gasteiger partial charge in [-0.15, -0.1) is 0 Å². The molecule has 2 nitrogen and oxygen atoms in total. The highest BCUT2D eigenvalue weighted by Gasteiger charge is 2.12. The van der Waals surface area contributed by atoms with Crippen molar-refractivity contribution in [2.24, 2.45) is 5.92 Å². The van der Waals surface area contributed by atoms with Crippen LogP contribution >= 0.6 is 15.9 Å². The smallest absolute Gasteiger partial charge is 0.106 e. The van der Waals surface area contributed by atoms with Crippen LogP contribution in [0.15, 0.2) is 22.8 Å². The third kappa shape index (κ3) is 2.29. The summed E-state index contributed by atoms with van der Waals surface area (Å²) in [7, 11) is 0. The van der Waals surface area contributed by atoms with E-state index >= 15 is 0 Å². The predicted octanol–water partition coefficient (Wildman–Crippen LogP) is 2.53. The molecule has 66 valence electrons. The van der Waals surface area contributed by atoms with Crippen molar-refractivity contribution in [2.45, 2.75) is 20.0 Å². The summed E-state index contributed by atoms with van der Waals surface area (Å²) in [4.78, 5) is 4.16. The quantitative estimate of drug-likeness (QED) is 0.792. The molecular weight excluding hydrogens is 218 g/mol. The van der Waals surface area contributed by atoms with E-state index in [0.29, 0.717) is 0 Å². The van der Waals surface area contributed by atoms with Crippen LogP contribution in [-0.4, -0.2) is 10.1 Å². The maximum absolute atomic E-state index is 9.64. The fourth-order valence-electron chi connectivity index (χ4n) is 0.930. The van der Waals surface area contributed by atoms with Gasteiger partial charge < -0.3 is 5.11 Å². The summed E-state index contributed by atoms with van der Waals surface area (Å²) >= 11 is 3.26. The van der Waals surface area contributed by atoms with Crippen molar-refractivity contribution in [3.05, 3.63) is 28.5 Å². The Bertz CT molecular complexity index is 262. The van der Waals surface area contributed by atoms with Gasteiger partial charge in [0.1, 0.15) is 4.60 Å². The minimum absolute atomic E-state index is 0.201. The molecule has 1 aromatic rings. The average Bonchev–Trinajstić information content (AvgIpc) is 2.03. The molecule has 0 spiro atoms. The number of rotatable bonds is 2. The number of nitrogens with zero attached hydrogens (tertiary/aromatic N) is 1. The van der Waals surface area contributed by atoms with Crippen LogP contribution < -0.4 is 0 Å². The Morgan fingerprint density at radius 1 is 1.42 bits per heavy atom. The van der Waals surface area contributed by atoms with Gasteiger partial charge in [0.05, 0.1) is 11.8 Å². The van der Waals surface area contributed by atoms with Crippen molar-refractivity contribution in [2.75, 3.05) is 0 Å². The van der Waals surface area contributed by atoms with Gasteiger partial charge in [-0.1, -0.05) is 19.9 Å². The fourth-order valence-corrected chi connectivity index (χ4v) is 1.29. The first-order chi connectivity index (χ1) is 5.61. The molecule has 1 N–H and O–H groups in total. The van der Waals surface area contributed by atoms with E-state index in [1.807, 2.05) is 32.0 Å². The zero-order valence-corrected chi connectivity index (χ0v) is 8.75. The number of aliphatic hydroxyl groups excluding tert-OH is 1. The van der Waals surface area contributed by atoms with Crippen LogP contribution in [0.5, 0.6) is 0 Å². The second-order valence-corrected chi connectivity index (χ2v) is 3.89. The second kappa shape index (κ2) is 4.01. The molecular formula is C9H12BrNO. The lowest BCUT2D eigenvalue weighted by Crippen LogP contribution is -2.07. The number of halogens is 1. The Kier molecular flexibility index (Phi) is 3.23. The maximum Gasteiger partial charge on any atom is 0.106 e. The number of pyridine rings is 1. The van der Waals surface area contributed by atoms with Crippen molar-refractivity contribution in [1.29, 1.82) is 0 Å². The lowest BCUT2D eigenvalue weighted by molar-refractivity contribution is 0.122. The minimum atomic E-state index is -0.470. The second-order valence-electron chi connectivity index (χ2n) is 3.07. The van der Waals surface area contributed by atoms with E-state index in [1.54, 1.807) is 0 Å². The Balaban J connectivity index is 2.88. The van der Waals surface area contributed by atoms with Gasteiger partial charge in [0.2, 0.25) is 0 Å². The normalized spacial score (nSPS) is 13.4. The van der Waals surface area contributed by atoms with Crippen molar-refractivity contribution >= 4 is 15.9 Å². The van der Waals surface area contributed by atoms with E-state index in [2.05, 4.69) is 20.9 Å². The van der Waals surface area contributed by atoms with E-state index in [-0.39, 0.29) is 5.92 Å². The molecule has 12 heavy (non-hydrogen) atoms. The van der Waals surface area contributed by atoms with Crippen molar-refractivity contribution < 1.29 is 5.11 Å². The number of aromatic nitrogens is 1. The average molecular weight is 230 g/mol. The molecule has 0 aliphatic carbocycles. The van der Waals surface area contributed by atoms with E-state index in [4.69, 9.17) is 0 Å². The molecule has 1 aromatic heterocycles. The van der Waals surface area contributed by atoms with E-state index < -0.39 is 6.10 Å². The molecule has 0 saturated heterocycles. The first kappa shape index (κ1) is 9.68. The molecule has 1 heterocycles. The number of aliphatic hydroxyl groups is 1. The minimum Gasteiger partial charge on any atom is -0.387 e. The zero-order chi connectivity index (χ0) is 9.14. The maximum atomic E-state index is 9.64. The molecule has 0 bridgehead atoms. The van der Waals surface area contributed by atoms with Gasteiger partial charge in [-0.25, -0.2) is 4.98 Å². The highest BCUT2D eigenvalue weighted by molar-refractivity contribution is 9.10. The summed E-state index contributed by atoms with van der Waals surface area (Å²) in [6.45, 7) is 3.93. The number of hydrogen-bond acceptors (Lipinski definition) is 2. The van der Waals surface area contributed by atoms with E-state index in [9.17, 15) is 5.11 Å². The van der Waals surface area contributed by atoms with Crippen LogP contribution in [-0.2, 0) is 0 Å². The SMILES string of the molecule is CC(C)C(O)c1cccc(Br)n1. The summed E-state index contributed by atoms with van der Waals surface area (Å²) in [5.74, 6) is 0.201. The Hall–Kier alpha value is -0.410. The lowest BCUT2D eigenvalue weighted by atomic mass is 10.0. The van der Waals surface area contributed by atoms with Gasteiger partial charge in [-0.05, 0) is 34.0 Å². The summed E-state index contributed by atoms with van der Waals surface area (Å²) in [6, 6.07) is 5.55. The first-order valence-electron chi connectivity index (χ1n) is 3.92. The topological polar surface area (TPSA) is 33.1 Å². The van der Waals surface area contributed by atoms with Crippen LogP contribution in [0, 0.1) is 5.92 Å². The van der Waals surface area contributed by atoms with Crippen LogP contribution in [0.3, 0.4) is 0 Å². The molecule has 0 amide bonds. The third-order valence-corrected chi connectivity index (χ3v) is 2.11. The molecule has 3 heteroatoms. The molecule has 1 rings (SSSR count). The largest absolute Gasteiger partial charge is 0.387 e. The Morgan fingerprint density at radius 3 is 2.58 bits per heavy atom. The van der Waals surface area contributed by atoms with Crippen LogP contribution in [0.2, 0.25) is 0 Å². The van der Waals surface area contributed by atoms with Gasteiger partial charge in [-0.2, -0.15) is 0 Å². The lowest BCUT2D eigenvalue weighted by Gasteiger charge is -2.13. The van der Waals surface area contributed by atoms with Crippen molar-refractivity contribution in [3.63, 3.8) is 0 Å². The molecule has 0 radical (unpaired) electrons. The van der Waals surface area contributed by atoms with Gasteiger partial charge in [0.15, 0.2) is 0 Å². The first-order valence-corrected chi connectivity index (χ1v) is 4.71. The van der Waals surface area contributed by atoms with Crippen LogP contribution in [0.1, 0.15) is 25.6 Å².